The SMILES string of the molecule is CC(C)C(NC(=O)c1cc(C(F)(F)F)ccc1F)C(=O)N1CCC2(CC1)C(=O)N(C)C(=O)N2Cc1ncccn1. The summed E-state index contributed by atoms with van der Waals surface area (Å²) in [5.74, 6) is -3.40. The Hall–Kier alpha value is -4.10. The maximum Gasteiger partial charge on any atom is 0.416 e. The summed E-state index contributed by atoms with van der Waals surface area (Å²) >= 11 is 0. The number of urea groups is 1. The monoisotopic (exact) mass is 564 g/mol. The van der Waals surface area contributed by atoms with Gasteiger partial charge in [-0.1, -0.05) is 13.8 Å². The highest BCUT2D eigenvalue weighted by Crippen LogP contribution is 2.38. The Bertz CT molecular complexity index is 1310. The number of benzene rings is 1. The van der Waals surface area contributed by atoms with Crippen molar-refractivity contribution in [1.82, 2.24) is 30.0 Å². The van der Waals surface area contributed by atoms with Gasteiger partial charge in [0.25, 0.3) is 11.8 Å². The van der Waals surface area contributed by atoms with Crippen LogP contribution in [0.5, 0.6) is 0 Å². The molecule has 3 heterocycles. The third-order valence-corrected chi connectivity index (χ3v) is 7.32. The number of hydrogen-bond donors (Lipinski definition) is 1. The van der Waals surface area contributed by atoms with Crippen LogP contribution in [0.25, 0.3) is 0 Å². The Morgan fingerprint density at radius 2 is 1.73 bits per heavy atom. The molecule has 1 atom stereocenters. The van der Waals surface area contributed by atoms with Crippen molar-refractivity contribution in [2.24, 2.45) is 5.92 Å². The van der Waals surface area contributed by atoms with Crippen LogP contribution in [0.1, 0.15) is 48.4 Å². The zero-order valence-electron chi connectivity index (χ0n) is 22.0. The fourth-order valence-corrected chi connectivity index (χ4v) is 5.04. The Morgan fingerprint density at radius 3 is 2.30 bits per heavy atom. The van der Waals surface area contributed by atoms with Crippen LogP contribution in [-0.4, -0.2) is 80.1 Å². The topological polar surface area (TPSA) is 116 Å². The molecular weight excluding hydrogens is 536 g/mol. The van der Waals surface area contributed by atoms with E-state index < -0.39 is 64.4 Å². The Labute approximate surface area is 227 Å². The van der Waals surface area contributed by atoms with E-state index in [9.17, 15) is 36.7 Å². The molecule has 2 fully saturated rings. The van der Waals surface area contributed by atoms with E-state index in [1.165, 1.54) is 29.2 Å². The van der Waals surface area contributed by atoms with Gasteiger partial charge in [-0.15, -0.1) is 0 Å². The molecule has 14 heteroatoms. The van der Waals surface area contributed by atoms with Crippen LogP contribution in [0, 0.1) is 11.7 Å². The van der Waals surface area contributed by atoms with Crippen LogP contribution in [0.2, 0.25) is 0 Å². The van der Waals surface area contributed by atoms with Gasteiger partial charge in [0.1, 0.15) is 23.2 Å². The molecule has 2 aromatic rings. The van der Waals surface area contributed by atoms with Crippen LogP contribution in [0.4, 0.5) is 22.4 Å². The van der Waals surface area contributed by atoms with Crippen molar-refractivity contribution in [2.45, 2.75) is 51.0 Å². The number of likely N-dealkylation sites (N-methyl/N-ethyl adjacent to an activating group) is 1. The first kappa shape index (κ1) is 28.9. The number of rotatable bonds is 6. The summed E-state index contributed by atoms with van der Waals surface area (Å²) in [4.78, 5) is 64.5. The second kappa shape index (κ2) is 10.8. The number of amides is 5. The fraction of sp³-hybridized carbons (Fsp3) is 0.462. The summed E-state index contributed by atoms with van der Waals surface area (Å²) in [5.41, 5.74) is -3.23. The molecule has 2 aliphatic rings. The number of likely N-dealkylation sites (tertiary alicyclic amines) is 1. The van der Waals surface area contributed by atoms with Crippen molar-refractivity contribution in [3.8, 4) is 0 Å². The number of carbonyl (C=O) groups excluding carboxylic acids is 4. The number of piperidine rings is 1. The van der Waals surface area contributed by atoms with Crippen LogP contribution in [-0.2, 0) is 22.3 Å². The number of aromatic nitrogens is 2. The van der Waals surface area contributed by atoms with Gasteiger partial charge in [-0.3, -0.25) is 19.3 Å². The zero-order valence-corrected chi connectivity index (χ0v) is 22.0. The quantitative estimate of drug-likeness (QED) is 0.426. The van der Waals surface area contributed by atoms with Gasteiger partial charge in [-0.25, -0.2) is 19.2 Å². The van der Waals surface area contributed by atoms with Gasteiger partial charge in [0.2, 0.25) is 5.91 Å². The van der Waals surface area contributed by atoms with E-state index in [4.69, 9.17) is 0 Å². The average Bonchev–Trinajstić information content (AvgIpc) is 3.08. The predicted octanol–water partition coefficient (Wildman–Crippen LogP) is 2.84. The molecule has 4 rings (SSSR count). The lowest BCUT2D eigenvalue weighted by atomic mass is 9.85. The average molecular weight is 565 g/mol. The van der Waals surface area contributed by atoms with Crippen molar-refractivity contribution in [2.75, 3.05) is 20.1 Å². The Balaban J connectivity index is 1.50. The van der Waals surface area contributed by atoms with E-state index in [-0.39, 0.29) is 32.5 Å². The lowest BCUT2D eigenvalue weighted by Gasteiger charge is -2.43. The van der Waals surface area contributed by atoms with Crippen molar-refractivity contribution < 1.29 is 36.7 Å². The Morgan fingerprint density at radius 1 is 1.10 bits per heavy atom. The molecule has 1 spiro atoms. The van der Waals surface area contributed by atoms with Crippen LogP contribution >= 0.6 is 0 Å². The van der Waals surface area contributed by atoms with E-state index in [1.54, 1.807) is 19.9 Å². The van der Waals surface area contributed by atoms with Crippen molar-refractivity contribution >= 4 is 23.8 Å². The minimum absolute atomic E-state index is 0.00305. The van der Waals surface area contributed by atoms with Crippen LogP contribution < -0.4 is 5.32 Å². The number of alkyl halides is 3. The summed E-state index contributed by atoms with van der Waals surface area (Å²) in [6.45, 7) is 3.39. The smallest absolute Gasteiger partial charge is 0.341 e. The lowest BCUT2D eigenvalue weighted by Crippen LogP contribution is -2.60. The number of carbonyl (C=O) groups is 4. The molecule has 1 aromatic heterocycles. The number of nitrogens with one attached hydrogen (secondary N) is 1. The first-order chi connectivity index (χ1) is 18.8. The fourth-order valence-electron chi connectivity index (χ4n) is 5.04. The van der Waals surface area contributed by atoms with Gasteiger partial charge < -0.3 is 15.1 Å². The Kier molecular flexibility index (Phi) is 7.81. The van der Waals surface area contributed by atoms with E-state index in [2.05, 4.69) is 15.3 Å². The van der Waals surface area contributed by atoms with Crippen molar-refractivity contribution in [3.05, 3.63) is 59.4 Å². The summed E-state index contributed by atoms with van der Waals surface area (Å²) in [6, 6.07) is 1.43. The molecule has 1 unspecified atom stereocenters. The third-order valence-electron chi connectivity index (χ3n) is 7.32. The van der Waals surface area contributed by atoms with Gasteiger partial charge >= 0.3 is 12.2 Å². The second-order valence-corrected chi connectivity index (χ2v) is 10.1. The predicted molar refractivity (Wildman–Crippen MR) is 132 cm³/mol. The molecule has 2 saturated heterocycles. The van der Waals surface area contributed by atoms with Crippen LogP contribution in [0.3, 0.4) is 0 Å². The molecule has 0 bridgehead atoms. The molecule has 214 valence electrons. The molecule has 0 aliphatic carbocycles. The molecule has 2 aliphatic heterocycles. The van der Waals surface area contributed by atoms with Crippen molar-refractivity contribution in [3.63, 3.8) is 0 Å². The van der Waals surface area contributed by atoms with Crippen molar-refractivity contribution in [1.29, 1.82) is 0 Å². The molecule has 0 radical (unpaired) electrons. The minimum atomic E-state index is -4.78. The van der Waals surface area contributed by atoms with Gasteiger partial charge in [0.15, 0.2) is 0 Å². The first-order valence-electron chi connectivity index (χ1n) is 12.6. The van der Waals surface area contributed by atoms with Gasteiger partial charge in [0.05, 0.1) is 17.7 Å². The number of nitrogens with zero attached hydrogens (tertiary/aromatic N) is 5. The summed E-state index contributed by atoms with van der Waals surface area (Å²) in [7, 11) is 1.38. The highest BCUT2D eigenvalue weighted by Gasteiger charge is 2.57. The minimum Gasteiger partial charge on any atom is -0.341 e. The van der Waals surface area contributed by atoms with E-state index >= 15 is 0 Å². The largest absolute Gasteiger partial charge is 0.416 e. The molecule has 1 aromatic carbocycles. The standard InChI is InChI=1S/C26H28F4N6O4/c1-15(2)20(33-21(37)17-13-16(26(28,29)30)5-6-18(17)27)22(38)35-11-7-25(8-12-35)23(39)34(3)24(40)36(25)14-19-31-9-4-10-32-19/h4-6,9-10,13,15,20H,7-8,11-12,14H2,1-3H3,(H,33,37). The molecule has 1 N–H and O–H groups in total. The van der Waals surface area contributed by atoms with Gasteiger partial charge in [0, 0.05) is 32.5 Å². The number of halogens is 4. The zero-order chi connectivity index (χ0) is 29.4. The van der Waals surface area contributed by atoms with E-state index in [0.29, 0.717) is 24.0 Å². The third kappa shape index (κ3) is 5.34. The summed E-state index contributed by atoms with van der Waals surface area (Å²) < 4.78 is 53.6. The highest BCUT2D eigenvalue weighted by atomic mass is 19.4. The maximum atomic E-state index is 14.3. The molecule has 5 amide bonds. The number of hydrogen-bond acceptors (Lipinski definition) is 6. The summed E-state index contributed by atoms with van der Waals surface area (Å²) in [5, 5.41) is 2.38. The normalized spacial score (nSPS) is 18.1. The van der Waals surface area contributed by atoms with Crippen LogP contribution in [0.15, 0.2) is 36.7 Å². The molecular formula is C26H28F4N6O4. The second-order valence-electron chi connectivity index (χ2n) is 10.1. The molecule has 0 saturated carbocycles. The number of imide groups is 1. The first-order valence-corrected chi connectivity index (χ1v) is 12.6. The van der Waals surface area contributed by atoms with E-state index in [1.807, 2.05) is 0 Å². The maximum absolute atomic E-state index is 14.3. The van der Waals surface area contributed by atoms with Gasteiger partial charge in [-0.05, 0) is 43.0 Å². The van der Waals surface area contributed by atoms with Gasteiger partial charge in [-0.2, -0.15) is 13.2 Å². The lowest BCUT2D eigenvalue weighted by molar-refractivity contribution is -0.142. The summed E-state index contributed by atoms with van der Waals surface area (Å²) in [6.07, 6.45) is -1.52. The molecule has 10 nitrogen and oxygen atoms in total. The van der Waals surface area contributed by atoms with E-state index in [0.717, 1.165) is 4.90 Å². The highest BCUT2D eigenvalue weighted by molar-refractivity contribution is 6.07. The molecule has 40 heavy (non-hydrogen) atoms.